The van der Waals surface area contributed by atoms with Crippen molar-refractivity contribution in [3.8, 4) is 22.7 Å². The first-order valence-electron chi connectivity index (χ1n) is 11.0. The van der Waals surface area contributed by atoms with Crippen LogP contribution in [-0.4, -0.2) is 47.2 Å². The Kier molecular flexibility index (Phi) is 8.64. The van der Waals surface area contributed by atoms with Crippen LogP contribution in [0.2, 0.25) is 10.0 Å². The van der Waals surface area contributed by atoms with E-state index >= 15 is 0 Å². The lowest BCUT2D eigenvalue weighted by molar-refractivity contribution is 0.0498. The molecule has 186 valence electrons. The van der Waals surface area contributed by atoms with Crippen LogP contribution < -0.4 is 10.1 Å². The number of benzene rings is 2. The van der Waals surface area contributed by atoms with E-state index in [4.69, 9.17) is 37.4 Å². The Morgan fingerprint density at radius 3 is 2.37 bits per heavy atom. The summed E-state index contributed by atoms with van der Waals surface area (Å²) in [5.41, 5.74) is 1.07. The average Bonchev–Trinajstić information content (AvgIpc) is 3.16. The Hall–Kier alpha value is -3.23. The number of nitrogens with one attached hydrogen (secondary N) is 1. The Balaban J connectivity index is 2.02. The minimum absolute atomic E-state index is 0.0195. The Labute approximate surface area is 214 Å². The zero-order valence-corrected chi connectivity index (χ0v) is 21.4. The molecule has 0 saturated heterocycles. The van der Waals surface area contributed by atoms with Gasteiger partial charge in [0, 0.05) is 10.6 Å². The highest BCUT2D eigenvalue weighted by molar-refractivity contribution is 6.32. The highest BCUT2D eigenvalue weighted by atomic mass is 35.5. The van der Waals surface area contributed by atoms with Crippen LogP contribution in [0.1, 0.15) is 38.2 Å². The molecule has 3 rings (SSSR count). The fourth-order valence-electron chi connectivity index (χ4n) is 3.15. The van der Waals surface area contributed by atoms with Crippen molar-refractivity contribution >= 4 is 35.3 Å². The SMILES string of the molecule is CCOC(=O)c1nn(-c2ccccc2Cl)c(-c2ccc(Cl)cc2)c1OCCNC(=O)OC(C)(C)C. The zero-order valence-electron chi connectivity index (χ0n) is 19.9. The van der Waals surface area contributed by atoms with Crippen LogP contribution in [-0.2, 0) is 9.47 Å². The molecule has 0 bridgehead atoms. The number of alkyl carbamates (subject to hydrolysis) is 1. The number of aromatic nitrogens is 2. The lowest BCUT2D eigenvalue weighted by Crippen LogP contribution is -2.34. The van der Waals surface area contributed by atoms with E-state index in [9.17, 15) is 9.59 Å². The van der Waals surface area contributed by atoms with E-state index in [0.29, 0.717) is 27.0 Å². The van der Waals surface area contributed by atoms with Crippen LogP contribution >= 0.6 is 23.2 Å². The fraction of sp³-hybridized carbons (Fsp3) is 0.320. The number of carbonyl (C=O) groups excluding carboxylic acids is 2. The first-order chi connectivity index (χ1) is 16.6. The molecule has 0 radical (unpaired) electrons. The van der Waals surface area contributed by atoms with Gasteiger partial charge in [-0.1, -0.05) is 47.5 Å². The fourth-order valence-corrected chi connectivity index (χ4v) is 3.49. The maximum atomic E-state index is 12.8. The summed E-state index contributed by atoms with van der Waals surface area (Å²) in [6, 6.07) is 14.1. The summed E-state index contributed by atoms with van der Waals surface area (Å²) < 4.78 is 18.0. The van der Waals surface area contributed by atoms with Gasteiger partial charge in [0.1, 0.15) is 17.9 Å². The van der Waals surface area contributed by atoms with Gasteiger partial charge in [0.15, 0.2) is 5.75 Å². The van der Waals surface area contributed by atoms with Crippen molar-refractivity contribution in [3.05, 3.63) is 64.3 Å². The third-order valence-corrected chi connectivity index (χ3v) is 5.10. The highest BCUT2D eigenvalue weighted by Crippen LogP contribution is 2.38. The van der Waals surface area contributed by atoms with Crippen molar-refractivity contribution in [1.29, 1.82) is 0 Å². The van der Waals surface area contributed by atoms with E-state index in [1.54, 1.807) is 70.2 Å². The molecule has 1 amide bonds. The van der Waals surface area contributed by atoms with Gasteiger partial charge in [-0.3, -0.25) is 0 Å². The van der Waals surface area contributed by atoms with E-state index in [2.05, 4.69) is 10.4 Å². The van der Waals surface area contributed by atoms with Crippen molar-refractivity contribution < 1.29 is 23.8 Å². The van der Waals surface area contributed by atoms with Gasteiger partial charge >= 0.3 is 12.1 Å². The van der Waals surface area contributed by atoms with Gasteiger partial charge in [-0.2, -0.15) is 5.10 Å². The molecule has 1 heterocycles. The highest BCUT2D eigenvalue weighted by Gasteiger charge is 2.28. The van der Waals surface area contributed by atoms with E-state index in [1.807, 2.05) is 6.07 Å². The molecule has 1 aromatic heterocycles. The third-order valence-electron chi connectivity index (χ3n) is 4.53. The Bertz CT molecular complexity index is 1190. The smallest absolute Gasteiger partial charge is 0.407 e. The van der Waals surface area contributed by atoms with E-state index in [0.717, 1.165) is 0 Å². The van der Waals surface area contributed by atoms with Crippen molar-refractivity contribution in [2.45, 2.75) is 33.3 Å². The summed E-state index contributed by atoms with van der Waals surface area (Å²) in [5.74, 6) is -0.458. The summed E-state index contributed by atoms with van der Waals surface area (Å²) in [4.78, 5) is 24.8. The minimum atomic E-state index is -0.649. The number of rotatable bonds is 8. The standard InChI is InChI=1S/C25H27Cl2N3O5/c1-5-33-23(31)20-22(34-15-14-28-24(32)35-25(2,3)4)21(16-10-12-17(26)13-11-16)30(29-20)19-9-7-6-8-18(19)27/h6-13H,5,14-15H2,1-4H3,(H,28,32). The molecule has 0 atom stereocenters. The summed E-state index contributed by atoms with van der Waals surface area (Å²) >= 11 is 12.6. The number of nitrogens with zero attached hydrogens (tertiary/aromatic N) is 2. The predicted octanol–water partition coefficient (Wildman–Crippen LogP) is 5.93. The molecule has 35 heavy (non-hydrogen) atoms. The third kappa shape index (κ3) is 6.90. The van der Waals surface area contributed by atoms with Gasteiger partial charge in [0.05, 0.1) is 23.9 Å². The van der Waals surface area contributed by atoms with Crippen molar-refractivity contribution in [3.63, 3.8) is 0 Å². The molecule has 3 aromatic rings. The lowest BCUT2D eigenvalue weighted by Gasteiger charge is -2.19. The second-order valence-corrected chi connectivity index (χ2v) is 9.24. The summed E-state index contributed by atoms with van der Waals surface area (Å²) in [6.07, 6.45) is -0.573. The maximum Gasteiger partial charge on any atom is 0.407 e. The quantitative estimate of drug-likeness (QED) is 0.293. The monoisotopic (exact) mass is 519 g/mol. The van der Waals surface area contributed by atoms with Crippen molar-refractivity contribution in [2.75, 3.05) is 19.8 Å². The molecule has 8 nitrogen and oxygen atoms in total. The summed E-state index contributed by atoms with van der Waals surface area (Å²) in [5, 5.41) is 8.12. The minimum Gasteiger partial charge on any atom is -0.487 e. The number of para-hydroxylation sites is 1. The van der Waals surface area contributed by atoms with Crippen LogP contribution in [0, 0.1) is 0 Å². The van der Waals surface area contributed by atoms with Gasteiger partial charge in [-0.15, -0.1) is 0 Å². The number of esters is 1. The number of halogens is 2. The van der Waals surface area contributed by atoms with Crippen LogP contribution in [0.4, 0.5) is 4.79 Å². The molecule has 0 aliphatic rings. The largest absolute Gasteiger partial charge is 0.487 e. The number of hydrogen-bond donors (Lipinski definition) is 1. The topological polar surface area (TPSA) is 91.7 Å². The van der Waals surface area contributed by atoms with Crippen molar-refractivity contribution in [2.24, 2.45) is 0 Å². The first kappa shape index (κ1) is 26.4. The Morgan fingerprint density at radius 2 is 1.74 bits per heavy atom. The molecule has 2 aromatic carbocycles. The van der Waals surface area contributed by atoms with Gasteiger partial charge in [0.2, 0.25) is 5.69 Å². The number of ether oxygens (including phenoxy) is 3. The van der Waals surface area contributed by atoms with Gasteiger partial charge in [0.25, 0.3) is 0 Å². The van der Waals surface area contributed by atoms with Crippen LogP contribution in [0.5, 0.6) is 5.75 Å². The zero-order chi connectivity index (χ0) is 25.6. The van der Waals surface area contributed by atoms with Crippen LogP contribution in [0.15, 0.2) is 48.5 Å². The molecule has 1 N–H and O–H groups in total. The average molecular weight is 520 g/mol. The molecule has 0 aliphatic heterocycles. The second kappa shape index (κ2) is 11.5. The molecule has 0 spiro atoms. The molecule has 0 aliphatic carbocycles. The molecule has 0 saturated carbocycles. The van der Waals surface area contributed by atoms with E-state index in [-0.39, 0.29) is 31.2 Å². The van der Waals surface area contributed by atoms with Crippen LogP contribution in [0.25, 0.3) is 16.9 Å². The van der Waals surface area contributed by atoms with E-state index in [1.165, 1.54) is 4.68 Å². The maximum absolute atomic E-state index is 12.8. The van der Waals surface area contributed by atoms with Crippen molar-refractivity contribution in [1.82, 2.24) is 15.1 Å². The van der Waals surface area contributed by atoms with Crippen LogP contribution in [0.3, 0.4) is 0 Å². The number of hydrogen-bond acceptors (Lipinski definition) is 6. The first-order valence-corrected chi connectivity index (χ1v) is 11.8. The molecular weight excluding hydrogens is 493 g/mol. The second-order valence-electron chi connectivity index (χ2n) is 8.39. The molecular formula is C25H27Cl2N3O5. The molecule has 0 unspecified atom stereocenters. The van der Waals surface area contributed by atoms with Gasteiger partial charge < -0.3 is 19.5 Å². The molecule has 10 heteroatoms. The Morgan fingerprint density at radius 1 is 1.06 bits per heavy atom. The predicted molar refractivity (Wildman–Crippen MR) is 135 cm³/mol. The number of amides is 1. The summed E-state index contributed by atoms with van der Waals surface area (Å²) in [6.45, 7) is 7.36. The van der Waals surface area contributed by atoms with E-state index < -0.39 is 17.7 Å². The molecule has 0 fully saturated rings. The lowest BCUT2D eigenvalue weighted by atomic mass is 10.1. The van der Waals surface area contributed by atoms with Gasteiger partial charge in [-0.05, 0) is 52.0 Å². The number of carbonyl (C=O) groups is 2. The normalized spacial score (nSPS) is 11.1. The van der Waals surface area contributed by atoms with Gasteiger partial charge in [-0.25, -0.2) is 14.3 Å². The summed E-state index contributed by atoms with van der Waals surface area (Å²) in [7, 11) is 0.